The van der Waals surface area contributed by atoms with Crippen LogP contribution in [0.3, 0.4) is 0 Å². The van der Waals surface area contributed by atoms with Crippen molar-refractivity contribution in [2.75, 3.05) is 19.3 Å². The zero-order valence-corrected chi connectivity index (χ0v) is 23.6. The van der Waals surface area contributed by atoms with Crippen LogP contribution in [0.5, 0.6) is 0 Å². The number of allylic oxidation sites excluding steroid dienone is 1. The standard InChI is InChI=1S/C27H45FN3O6P/c1-2-3-4-5-6-12-21-19-27(21,38(35,36)18-10-9-16-28)30-25(33)23-15-11-17-31(23)24(32)20-29-26(34)37-22-13-7-8-14-22/h9,16,21-23H,2-8,10-15,17-20H2,1H3,(H,29,34)(H,30,33)(H,35,36)/b16-9+/t21?,23?,27-/m0/s1. The number of nitrogens with one attached hydrogen (secondary N) is 2. The van der Waals surface area contributed by atoms with Crippen molar-refractivity contribution in [2.24, 2.45) is 5.92 Å². The summed E-state index contributed by atoms with van der Waals surface area (Å²) in [5.74, 6) is -0.937. The molecule has 0 spiro atoms. The Morgan fingerprint density at radius 2 is 1.87 bits per heavy atom. The number of hydrogen-bond donors (Lipinski definition) is 3. The van der Waals surface area contributed by atoms with Crippen molar-refractivity contribution in [1.29, 1.82) is 0 Å². The largest absolute Gasteiger partial charge is 0.446 e. The molecule has 3 amide bonds. The quantitative estimate of drug-likeness (QED) is 0.193. The van der Waals surface area contributed by atoms with Crippen LogP contribution >= 0.6 is 7.37 Å². The van der Waals surface area contributed by atoms with Crippen LogP contribution in [0.4, 0.5) is 9.18 Å². The Hall–Kier alpha value is -1.93. The topological polar surface area (TPSA) is 125 Å². The smallest absolute Gasteiger partial charge is 0.407 e. The fraction of sp³-hybridized carbons (Fsp3) is 0.815. The fourth-order valence-electron chi connectivity index (χ4n) is 5.92. The van der Waals surface area contributed by atoms with Gasteiger partial charge in [0.1, 0.15) is 24.0 Å². The number of alkyl carbamates (subject to hydrolysis) is 1. The highest BCUT2D eigenvalue weighted by Crippen LogP contribution is 2.70. The predicted octanol–water partition coefficient (Wildman–Crippen LogP) is 4.98. The minimum absolute atomic E-state index is 0.111. The third-order valence-electron chi connectivity index (χ3n) is 8.22. The van der Waals surface area contributed by atoms with Gasteiger partial charge in [0.25, 0.3) is 0 Å². The van der Waals surface area contributed by atoms with E-state index in [1.54, 1.807) is 0 Å². The Morgan fingerprint density at radius 1 is 1.13 bits per heavy atom. The van der Waals surface area contributed by atoms with Gasteiger partial charge in [0.05, 0.1) is 6.33 Å². The van der Waals surface area contributed by atoms with Gasteiger partial charge >= 0.3 is 6.09 Å². The second-order valence-electron chi connectivity index (χ2n) is 11.0. The summed E-state index contributed by atoms with van der Waals surface area (Å²) in [5.41, 5.74) is 0. The van der Waals surface area contributed by atoms with Crippen molar-refractivity contribution >= 4 is 25.3 Å². The summed E-state index contributed by atoms with van der Waals surface area (Å²) in [7, 11) is -3.84. The van der Waals surface area contributed by atoms with E-state index in [1.165, 1.54) is 11.0 Å². The van der Waals surface area contributed by atoms with E-state index in [9.17, 15) is 28.2 Å². The molecule has 0 aromatic carbocycles. The Bertz CT molecular complexity index is 896. The molecule has 3 rings (SSSR count). The zero-order valence-electron chi connectivity index (χ0n) is 22.7. The predicted molar refractivity (Wildman–Crippen MR) is 143 cm³/mol. The first-order valence-corrected chi connectivity index (χ1v) is 16.2. The van der Waals surface area contributed by atoms with Gasteiger partial charge in [-0.15, -0.1) is 0 Å². The van der Waals surface area contributed by atoms with Gasteiger partial charge in [-0.25, -0.2) is 9.18 Å². The van der Waals surface area contributed by atoms with E-state index in [0.717, 1.165) is 64.2 Å². The van der Waals surface area contributed by atoms with E-state index in [-0.39, 0.29) is 37.1 Å². The molecule has 38 heavy (non-hydrogen) atoms. The lowest BCUT2D eigenvalue weighted by Crippen LogP contribution is -2.52. The normalized spacial score (nSPS) is 26.9. The molecule has 2 saturated carbocycles. The van der Waals surface area contributed by atoms with Gasteiger partial charge in [0.15, 0.2) is 0 Å². The molecule has 0 aromatic rings. The molecule has 1 saturated heterocycles. The van der Waals surface area contributed by atoms with E-state index in [4.69, 9.17) is 4.74 Å². The van der Waals surface area contributed by atoms with Crippen LogP contribution in [0.2, 0.25) is 0 Å². The van der Waals surface area contributed by atoms with Crippen LogP contribution in [0, 0.1) is 5.92 Å². The number of likely N-dealkylation sites (tertiary alicyclic amines) is 1. The second-order valence-corrected chi connectivity index (χ2v) is 13.7. The molecule has 9 nitrogen and oxygen atoms in total. The minimum Gasteiger partial charge on any atom is -0.446 e. The molecule has 0 bridgehead atoms. The number of rotatable bonds is 15. The Labute approximate surface area is 225 Å². The first kappa shape index (κ1) is 30.6. The SMILES string of the molecule is CCCCCCCC1C[C@]1(NC(=O)C1CCCN1C(=O)CNC(=O)OC1CCCC1)P(=O)(O)CC/C=C/F. The molecule has 0 aromatic heterocycles. The van der Waals surface area contributed by atoms with E-state index in [2.05, 4.69) is 17.6 Å². The Kier molecular flexibility index (Phi) is 11.6. The number of amides is 3. The van der Waals surface area contributed by atoms with Crippen LogP contribution in [-0.2, 0) is 18.9 Å². The van der Waals surface area contributed by atoms with E-state index in [0.29, 0.717) is 32.1 Å². The molecule has 3 N–H and O–H groups in total. The number of unbranched alkanes of at least 4 members (excludes halogenated alkanes) is 4. The van der Waals surface area contributed by atoms with Crippen molar-refractivity contribution in [1.82, 2.24) is 15.5 Å². The summed E-state index contributed by atoms with van der Waals surface area (Å²) in [4.78, 5) is 50.8. The molecule has 3 unspecified atom stereocenters. The van der Waals surface area contributed by atoms with Crippen LogP contribution in [-0.4, -0.2) is 64.4 Å². The minimum atomic E-state index is -3.84. The third kappa shape index (κ3) is 8.04. The number of carbonyl (C=O) groups is 3. The summed E-state index contributed by atoms with van der Waals surface area (Å²) >= 11 is 0. The highest BCUT2D eigenvalue weighted by atomic mass is 31.2. The maximum Gasteiger partial charge on any atom is 0.407 e. The maximum absolute atomic E-state index is 13.4. The molecule has 1 heterocycles. The lowest BCUT2D eigenvalue weighted by Gasteiger charge is -2.30. The summed E-state index contributed by atoms with van der Waals surface area (Å²) in [6.45, 7) is 2.25. The van der Waals surface area contributed by atoms with Crippen LogP contribution in [0.15, 0.2) is 12.4 Å². The molecule has 216 valence electrons. The summed E-state index contributed by atoms with van der Waals surface area (Å²) in [6, 6.07) is -0.761. The molecule has 4 atom stereocenters. The molecular formula is C27H45FN3O6P. The molecule has 3 fully saturated rings. The van der Waals surface area contributed by atoms with Crippen molar-refractivity contribution in [2.45, 2.75) is 114 Å². The van der Waals surface area contributed by atoms with Crippen LogP contribution < -0.4 is 10.6 Å². The van der Waals surface area contributed by atoms with Gasteiger partial charge in [0.2, 0.25) is 19.2 Å². The lowest BCUT2D eigenvalue weighted by atomic mass is 10.1. The highest BCUT2D eigenvalue weighted by molar-refractivity contribution is 7.60. The van der Waals surface area contributed by atoms with Gasteiger partial charge in [-0.2, -0.15) is 0 Å². The zero-order chi connectivity index (χ0) is 27.6. The maximum atomic E-state index is 13.4. The molecule has 11 heteroatoms. The van der Waals surface area contributed by atoms with Crippen molar-refractivity contribution < 1.29 is 33.0 Å². The molecule has 3 aliphatic rings. The fourth-order valence-corrected chi connectivity index (χ4v) is 8.30. The van der Waals surface area contributed by atoms with E-state index < -0.39 is 30.7 Å². The average Bonchev–Trinajstić information content (AvgIpc) is 3.23. The second kappa shape index (κ2) is 14.5. The highest BCUT2D eigenvalue weighted by Gasteiger charge is 2.65. The van der Waals surface area contributed by atoms with Crippen LogP contribution in [0.25, 0.3) is 0 Å². The molecule has 1 aliphatic heterocycles. The summed E-state index contributed by atoms with van der Waals surface area (Å²) < 4.78 is 31.3. The molecule has 0 radical (unpaired) electrons. The van der Waals surface area contributed by atoms with Gasteiger partial charge in [-0.3, -0.25) is 14.2 Å². The number of ether oxygens (including phenoxy) is 1. The van der Waals surface area contributed by atoms with Gasteiger partial charge in [0, 0.05) is 12.7 Å². The van der Waals surface area contributed by atoms with Gasteiger partial charge in [-0.1, -0.05) is 45.1 Å². The number of carbonyl (C=O) groups excluding carboxylic acids is 3. The molecule has 2 aliphatic carbocycles. The first-order valence-electron chi connectivity index (χ1n) is 14.4. The monoisotopic (exact) mass is 557 g/mol. The van der Waals surface area contributed by atoms with Crippen molar-refractivity contribution in [3.8, 4) is 0 Å². The van der Waals surface area contributed by atoms with E-state index >= 15 is 0 Å². The number of hydrogen-bond acceptors (Lipinski definition) is 5. The summed E-state index contributed by atoms with van der Waals surface area (Å²) in [5, 5.41) is 4.18. The van der Waals surface area contributed by atoms with Gasteiger partial charge in [-0.05, 0) is 63.7 Å². The number of halogens is 1. The first-order chi connectivity index (χ1) is 18.2. The van der Waals surface area contributed by atoms with Crippen LogP contribution in [0.1, 0.15) is 96.8 Å². The van der Waals surface area contributed by atoms with Crippen molar-refractivity contribution in [3.63, 3.8) is 0 Å². The lowest BCUT2D eigenvalue weighted by molar-refractivity contribution is -0.138. The third-order valence-corrected chi connectivity index (χ3v) is 11.0. The van der Waals surface area contributed by atoms with Crippen molar-refractivity contribution in [3.05, 3.63) is 12.4 Å². The average molecular weight is 558 g/mol. The summed E-state index contributed by atoms with van der Waals surface area (Å²) in [6.07, 6.45) is 12.1. The Morgan fingerprint density at radius 3 is 2.58 bits per heavy atom. The number of nitrogens with zero attached hydrogens (tertiary/aromatic N) is 1. The van der Waals surface area contributed by atoms with Gasteiger partial charge < -0.3 is 25.2 Å². The Balaban J connectivity index is 1.58. The molecular weight excluding hydrogens is 512 g/mol. The van der Waals surface area contributed by atoms with E-state index in [1.807, 2.05) is 0 Å².